The average molecular weight is 223 g/mol. The van der Waals surface area contributed by atoms with Gasteiger partial charge >= 0.3 is 0 Å². The quantitative estimate of drug-likeness (QED) is 0.862. The van der Waals surface area contributed by atoms with Gasteiger partial charge in [0.1, 0.15) is 17.8 Å². The van der Waals surface area contributed by atoms with Gasteiger partial charge in [-0.2, -0.15) is 0 Å². The third kappa shape index (κ3) is 2.43. The zero-order valence-electron chi connectivity index (χ0n) is 8.73. The Morgan fingerprint density at radius 1 is 1.47 bits per heavy atom. The van der Waals surface area contributed by atoms with Crippen molar-refractivity contribution in [3.63, 3.8) is 0 Å². The van der Waals surface area contributed by atoms with E-state index in [1.54, 1.807) is 11.3 Å². The number of hydrogen-bond donors (Lipinski definition) is 1. The normalized spacial score (nSPS) is 11.9. The molecule has 0 aliphatic carbocycles. The van der Waals surface area contributed by atoms with Gasteiger partial charge in [0.2, 0.25) is 5.88 Å². The SMILES string of the molecule is CC(C)(N)COc1ncnc2sccc12. The summed E-state index contributed by atoms with van der Waals surface area (Å²) < 4.78 is 5.57. The van der Waals surface area contributed by atoms with Crippen molar-refractivity contribution in [1.82, 2.24) is 9.97 Å². The van der Waals surface area contributed by atoms with E-state index in [0.29, 0.717) is 12.5 Å². The van der Waals surface area contributed by atoms with E-state index in [9.17, 15) is 0 Å². The molecule has 80 valence electrons. The predicted octanol–water partition coefficient (Wildman–Crippen LogP) is 1.81. The zero-order chi connectivity index (χ0) is 10.9. The summed E-state index contributed by atoms with van der Waals surface area (Å²) in [6.45, 7) is 4.27. The van der Waals surface area contributed by atoms with Crippen LogP contribution in [0.1, 0.15) is 13.8 Å². The van der Waals surface area contributed by atoms with Crippen molar-refractivity contribution in [2.24, 2.45) is 5.73 Å². The molecular formula is C10H13N3OS. The lowest BCUT2D eigenvalue weighted by Gasteiger charge is -2.18. The molecule has 2 heterocycles. The number of nitrogens with two attached hydrogens (primary N) is 1. The van der Waals surface area contributed by atoms with Crippen LogP contribution in [0.25, 0.3) is 10.2 Å². The largest absolute Gasteiger partial charge is 0.475 e. The minimum absolute atomic E-state index is 0.354. The van der Waals surface area contributed by atoms with Crippen LogP contribution < -0.4 is 10.5 Å². The fourth-order valence-electron chi connectivity index (χ4n) is 1.14. The summed E-state index contributed by atoms with van der Waals surface area (Å²) in [6, 6.07) is 1.96. The van der Waals surface area contributed by atoms with Crippen LogP contribution in [-0.2, 0) is 0 Å². The molecule has 2 rings (SSSR count). The first kappa shape index (κ1) is 10.3. The molecule has 0 fully saturated rings. The fourth-order valence-corrected chi connectivity index (χ4v) is 1.86. The maximum Gasteiger partial charge on any atom is 0.225 e. The van der Waals surface area contributed by atoms with Crippen LogP contribution in [0.15, 0.2) is 17.8 Å². The van der Waals surface area contributed by atoms with Crippen LogP contribution in [0.2, 0.25) is 0 Å². The lowest BCUT2D eigenvalue weighted by molar-refractivity contribution is 0.238. The summed E-state index contributed by atoms with van der Waals surface area (Å²) in [5, 5.41) is 2.92. The molecule has 0 aromatic carbocycles. The van der Waals surface area contributed by atoms with Crippen molar-refractivity contribution in [3.8, 4) is 5.88 Å². The molecule has 2 N–H and O–H groups in total. The average Bonchev–Trinajstić information content (AvgIpc) is 2.61. The monoisotopic (exact) mass is 223 g/mol. The van der Waals surface area contributed by atoms with Crippen molar-refractivity contribution in [2.45, 2.75) is 19.4 Å². The molecule has 0 spiro atoms. The second-order valence-electron chi connectivity index (χ2n) is 4.10. The first-order valence-corrected chi connectivity index (χ1v) is 5.54. The summed E-state index contributed by atoms with van der Waals surface area (Å²) in [5.41, 5.74) is 5.48. The Kier molecular flexibility index (Phi) is 2.58. The van der Waals surface area contributed by atoms with Crippen molar-refractivity contribution >= 4 is 21.6 Å². The maximum atomic E-state index is 5.84. The van der Waals surface area contributed by atoms with E-state index in [1.165, 1.54) is 6.33 Å². The lowest BCUT2D eigenvalue weighted by Crippen LogP contribution is -2.38. The number of hydrogen-bond acceptors (Lipinski definition) is 5. The number of nitrogens with zero attached hydrogens (tertiary/aromatic N) is 2. The molecular weight excluding hydrogens is 210 g/mol. The first-order valence-electron chi connectivity index (χ1n) is 4.66. The van der Waals surface area contributed by atoms with Gasteiger partial charge in [0.05, 0.1) is 5.39 Å². The molecule has 2 aromatic rings. The van der Waals surface area contributed by atoms with Gasteiger partial charge in [-0.15, -0.1) is 11.3 Å². The minimum atomic E-state index is -0.354. The van der Waals surface area contributed by atoms with Gasteiger partial charge in [0.25, 0.3) is 0 Å². The van der Waals surface area contributed by atoms with Gasteiger partial charge in [-0.25, -0.2) is 9.97 Å². The van der Waals surface area contributed by atoms with E-state index in [2.05, 4.69) is 9.97 Å². The topological polar surface area (TPSA) is 61.0 Å². The van der Waals surface area contributed by atoms with Crippen molar-refractivity contribution < 1.29 is 4.74 Å². The molecule has 2 aromatic heterocycles. The third-order valence-electron chi connectivity index (χ3n) is 1.81. The highest BCUT2D eigenvalue weighted by atomic mass is 32.1. The highest BCUT2D eigenvalue weighted by molar-refractivity contribution is 7.16. The fraction of sp³-hybridized carbons (Fsp3) is 0.400. The van der Waals surface area contributed by atoms with Gasteiger partial charge in [-0.3, -0.25) is 0 Å². The molecule has 15 heavy (non-hydrogen) atoms. The summed E-state index contributed by atoms with van der Waals surface area (Å²) in [6.07, 6.45) is 1.51. The van der Waals surface area contributed by atoms with Crippen LogP contribution >= 0.6 is 11.3 Å². The Balaban J connectivity index is 2.24. The van der Waals surface area contributed by atoms with Crippen LogP contribution in [0, 0.1) is 0 Å². The Hall–Kier alpha value is -1.20. The Labute approximate surface area is 92.1 Å². The van der Waals surface area contributed by atoms with Gasteiger partial charge in [0.15, 0.2) is 0 Å². The van der Waals surface area contributed by atoms with Crippen molar-refractivity contribution in [2.75, 3.05) is 6.61 Å². The van der Waals surface area contributed by atoms with E-state index in [0.717, 1.165) is 10.2 Å². The maximum absolute atomic E-state index is 5.84. The van der Waals surface area contributed by atoms with Gasteiger partial charge in [-0.05, 0) is 25.3 Å². The van der Waals surface area contributed by atoms with Crippen LogP contribution in [0.5, 0.6) is 5.88 Å². The number of fused-ring (bicyclic) bond motifs is 1. The summed E-state index contributed by atoms with van der Waals surface area (Å²) in [5.74, 6) is 0.611. The smallest absolute Gasteiger partial charge is 0.225 e. The van der Waals surface area contributed by atoms with E-state index in [1.807, 2.05) is 25.3 Å². The number of rotatable bonds is 3. The molecule has 4 nitrogen and oxygen atoms in total. The van der Waals surface area contributed by atoms with Crippen molar-refractivity contribution in [1.29, 1.82) is 0 Å². The van der Waals surface area contributed by atoms with Gasteiger partial charge < -0.3 is 10.5 Å². The molecule has 0 aliphatic rings. The van der Waals surface area contributed by atoms with E-state index in [-0.39, 0.29) is 5.54 Å². The number of ether oxygens (including phenoxy) is 1. The predicted molar refractivity (Wildman–Crippen MR) is 61.2 cm³/mol. The zero-order valence-corrected chi connectivity index (χ0v) is 9.54. The summed E-state index contributed by atoms with van der Waals surface area (Å²) in [7, 11) is 0. The summed E-state index contributed by atoms with van der Waals surface area (Å²) in [4.78, 5) is 9.18. The Morgan fingerprint density at radius 2 is 2.27 bits per heavy atom. The van der Waals surface area contributed by atoms with E-state index < -0.39 is 0 Å². The number of thiophene rings is 1. The highest BCUT2D eigenvalue weighted by Crippen LogP contribution is 2.25. The van der Waals surface area contributed by atoms with Crippen LogP contribution in [0.3, 0.4) is 0 Å². The second kappa shape index (κ2) is 3.75. The van der Waals surface area contributed by atoms with Crippen LogP contribution in [0.4, 0.5) is 0 Å². The molecule has 0 amide bonds. The van der Waals surface area contributed by atoms with Crippen molar-refractivity contribution in [3.05, 3.63) is 17.8 Å². The molecule has 0 aliphatic heterocycles. The standard InChI is InChI=1S/C10H13N3OS/c1-10(2,11)5-14-8-7-3-4-15-9(7)13-6-12-8/h3-4,6H,5,11H2,1-2H3. The lowest BCUT2D eigenvalue weighted by atomic mass is 10.1. The third-order valence-corrected chi connectivity index (χ3v) is 2.63. The highest BCUT2D eigenvalue weighted by Gasteiger charge is 2.13. The van der Waals surface area contributed by atoms with Crippen LogP contribution in [-0.4, -0.2) is 22.1 Å². The molecule has 0 radical (unpaired) electrons. The molecule has 0 saturated heterocycles. The van der Waals surface area contributed by atoms with Gasteiger partial charge in [-0.1, -0.05) is 0 Å². The first-order chi connectivity index (χ1) is 7.06. The molecule has 0 unspecified atom stereocenters. The molecule has 5 heteroatoms. The Morgan fingerprint density at radius 3 is 3.00 bits per heavy atom. The second-order valence-corrected chi connectivity index (χ2v) is 4.99. The van der Waals surface area contributed by atoms with Gasteiger partial charge in [0, 0.05) is 5.54 Å². The minimum Gasteiger partial charge on any atom is -0.475 e. The Bertz CT molecular complexity index is 461. The molecule has 0 saturated carbocycles. The molecule has 0 atom stereocenters. The number of aromatic nitrogens is 2. The molecule has 0 bridgehead atoms. The van der Waals surface area contributed by atoms with E-state index >= 15 is 0 Å². The summed E-state index contributed by atoms with van der Waals surface area (Å²) >= 11 is 1.57. The van der Waals surface area contributed by atoms with E-state index in [4.69, 9.17) is 10.5 Å².